The summed E-state index contributed by atoms with van der Waals surface area (Å²) in [5.41, 5.74) is 0.351. The van der Waals surface area contributed by atoms with Crippen LogP contribution in [0.5, 0.6) is 0 Å². The average molecular weight is 247 g/mol. The second-order valence-electron chi connectivity index (χ2n) is 5.12. The van der Waals surface area contributed by atoms with Crippen LogP contribution in [0.2, 0.25) is 0 Å². The third kappa shape index (κ3) is 2.10. The van der Waals surface area contributed by atoms with Gasteiger partial charge in [-0.05, 0) is 18.8 Å². The van der Waals surface area contributed by atoms with Crippen molar-refractivity contribution in [1.29, 1.82) is 0 Å². The largest absolute Gasteiger partial charge is 0.378 e. The van der Waals surface area contributed by atoms with E-state index in [0.29, 0.717) is 16.3 Å². The molecular weight excluding hydrogens is 228 g/mol. The van der Waals surface area contributed by atoms with Crippen LogP contribution in [0.25, 0.3) is 0 Å². The van der Waals surface area contributed by atoms with Crippen LogP contribution in [0.15, 0.2) is 0 Å². The summed E-state index contributed by atoms with van der Waals surface area (Å²) in [6.07, 6.45) is 5.87. The van der Waals surface area contributed by atoms with Crippen molar-refractivity contribution in [2.24, 2.45) is 11.3 Å². The first-order valence-electron chi connectivity index (χ1n) is 5.36. The fourth-order valence-corrected chi connectivity index (χ4v) is 2.54. The van der Waals surface area contributed by atoms with E-state index in [4.69, 9.17) is 4.74 Å². The van der Waals surface area contributed by atoms with Gasteiger partial charge in [-0.1, -0.05) is 42.6 Å². The summed E-state index contributed by atoms with van der Waals surface area (Å²) in [5, 5.41) is 0. The van der Waals surface area contributed by atoms with Gasteiger partial charge in [0.25, 0.3) is 0 Å². The molecule has 2 heteroatoms. The molecule has 2 aliphatic rings. The number of alkyl halides is 1. The molecule has 0 aliphatic heterocycles. The lowest BCUT2D eigenvalue weighted by Gasteiger charge is -2.48. The maximum Gasteiger partial charge on any atom is 0.0647 e. The van der Waals surface area contributed by atoms with Crippen molar-refractivity contribution in [3.8, 4) is 0 Å². The van der Waals surface area contributed by atoms with E-state index in [2.05, 4.69) is 29.8 Å². The van der Waals surface area contributed by atoms with E-state index in [1.807, 2.05) is 0 Å². The van der Waals surface area contributed by atoms with Gasteiger partial charge in [-0.25, -0.2) is 0 Å². The summed E-state index contributed by atoms with van der Waals surface area (Å²) in [7, 11) is 0. The van der Waals surface area contributed by atoms with Crippen molar-refractivity contribution in [2.45, 2.75) is 50.5 Å². The Morgan fingerprint density at radius 1 is 1.38 bits per heavy atom. The van der Waals surface area contributed by atoms with Gasteiger partial charge < -0.3 is 4.74 Å². The quantitative estimate of drug-likeness (QED) is 0.692. The number of hydrogen-bond acceptors (Lipinski definition) is 1. The first kappa shape index (κ1) is 9.97. The predicted molar refractivity (Wildman–Crippen MR) is 58.2 cm³/mol. The highest BCUT2D eigenvalue weighted by atomic mass is 79.9. The second-order valence-corrected chi connectivity index (χ2v) is 6.22. The first-order valence-corrected chi connectivity index (χ1v) is 6.28. The smallest absolute Gasteiger partial charge is 0.0647 e. The zero-order chi connectivity index (χ0) is 9.47. The highest BCUT2D eigenvalue weighted by Crippen LogP contribution is 2.47. The van der Waals surface area contributed by atoms with E-state index in [0.717, 1.165) is 12.5 Å². The summed E-state index contributed by atoms with van der Waals surface area (Å²) < 4.78 is 5.88. The van der Waals surface area contributed by atoms with E-state index in [1.165, 1.54) is 25.7 Å². The molecule has 0 saturated heterocycles. The number of halogens is 1. The SMILES string of the molecule is CC1(C)C(Br)CC1OCCC1CC1. The van der Waals surface area contributed by atoms with Gasteiger partial charge in [-0.3, -0.25) is 0 Å². The normalized spacial score (nSPS) is 37.2. The number of hydrogen-bond donors (Lipinski definition) is 0. The molecule has 0 aromatic rings. The van der Waals surface area contributed by atoms with E-state index < -0.39 is 0 Å². The minimum absolute atomic E-state index is 0.351. The Hall–Kier alpha value is 0.440. The summed E-state index contributed by atoms with van der Waals surface area (Å²) in [6.45, 7) is 5.56. The van der Waals surface area contributed by atoms with Crippen molar-refractivity contribution in [2.75, 3.05) is 6.61 Å². The molecule has 2 aliphatic carbocycles. The average Bonchev–Trinajstić information content (AvgIpc) is 2.87. The topological polar surface area (TPSA) is 9.23 Å². The van der Waals surface area contributed by atoms with Crippen molar-refractivity contribution < 1.29 is 4.74 Å². The van der Waals surface area contributed by atoms with Crippen LogP contribution in [0, 0.1) is 11.3 Å². The lowest BCUT2D eigenvalue weighted by molar-refractivity contribution is -0.0862. The molecule has 0 spiro atoms. The molecule has 0 bridgehead atoms. The Kier molecular flexibility index (Phi) is 2.72. The maximum atomic E-state index is 5.88. The van der Waals surface area contributed by atoms with Crippen molar-refractivity contribution >= 4 is 15.9 Å². The number of ether oxygens (including phenoxy) is 1. The monoisotopic (exact) mass is 246 g/mol. The highest BCUT2D eigenvalue weighted by Gasteiger charge is 2.47. The molecule has 2 unspecified atom stereocenters. The van der Waals surface area contributed by atoms with Crippen LogP contribution in [0.3, 0.4) is 0 Å². The molecule has 76 valence electrons. The fraction of sp³-hybridized carbons (Fsp3) is 1.00. The molecule has 2 saturated carbocycles. The van der Waals surface area contributed by atoms with Crippen LogP contribution in [0.4, 0.5) is 0 Å². The summed E-state index contributed by atoms with van der Waals surface area (Å²) >= 11 is 3.68. The highest BCUT2D eigenvalue weighted by molar-refractivity contribution is 9.09. The van der Waals surface area contributed by atoms with E-state index in [-0.39, 0.29) is 0 Å². The zero-order valence-electron chi connectivity index (χ0n) is 8.55. The molecule has 2 atom stereocenters. The van der Waals surface area contributed by atoms with Crippen molar-refractivity contribution in [1.82, 2.24) is 0 Å². The summed E-state index contributed by atoms with van der Waals surface area (Å²) in [6, 6.07) is 0. The Labute approximate surface area is 89.4 Å². The van der Waals surface area contributed by atoms with Crippen LogP contribution < -0.4 is 0 Å². The molecule has 0 aromatic heterocycles. The van der Waals surface area contributed by atoms with Gasteiger partial charge in [-0.15, -0.1) is 0 Å². The maximum absolute atomic E-state index is 5.88. The standard InChI is InChI=1S/C11H19BrO/c1-11(2)9(12)7-10(11)13-6-5-8-3-4-8/h8-10H,3-7H2,1-2H3. The minimum atomic E-state index is 0.351. The summed E-state index contributed by atoms with van der Waals surface area (Å²) in [4.78, 5) is 0.658. The summed E-state index contributed by atoms with van der Waals surface area (Å²) in [5.74, 6) is 1.00. The van der Waals surface area contributed by atoms with Gasteiger partial charge in [0.05, 0.1) is 6.10 Å². The van der Waals surface area contributed by atoms with Crippen LogP contribution >= 0.6 is 15.9 Å². The van der Waals surface area contributed by atoms with Crippen LogP contribution in [0.1, 0.15) is 39.5 Å². The van der Waals surface area contributed by atoms with E-state index in [1.54, 1.807) is 0 Å². The lowest BCUT2D eigenvalue weighted by Crippen LogP contribution is -2.51. The van der Waals surface area contributed by atoms with Gasteiger partial charge in [0.2, 0.25) is 0 Å². The van der Waals surface area contributed by atoms with Crippen molar-refractivity contribution in [3.63, 3.8) is 0 Å². The molecule has 13 heavy (non-hydrogen) atoms. The Balaban J connectivity index is 1.64. The third-order valence-corrected chi connectivity index (χ3v) is 5.15. The Morgan fingerprint density at radius 2 is 2.08 bits per heavy atom. The first-order chi connectivity index (χ1) is 6.10. The lowest BCUT2D eigenvalue weighted by atomic mass is 9.69. The van der Waals surface area contributed by atoms with Gasteiger partial charge in [0, 0.05) is 16.8 Å². The molecule has 0 radical (unpaired) electrons. The second kappa shape index (κ2) is 3.54. The van der Waals surface area contributed by atoms with E-state index >= 15 is 0 Å². The predicted octanol–water partition coefficient (Wildman–Crippen LogP) is 3.37. The molecule has 2 fully saturated rings. The minimum Gasteiger partial charge on any atom is -0.378 e. The van der Waals surface area contributed by atoms with Gasteiger partial charge >= 0.3 is 0 Å². The molecular formula is C11H19BrO. The molecule has 0 N–H and O–H groups in total. The van der Waals surface area contributed by atoms with Crippen LogP contribution in [-0.2, 0) is 4.74 Å². The molecule has 2 rings (SSSR count). The molecule has 0 amide bonds. The number of rotatable bonds is 4. The van der Waals surface area contributed by atoms with Crippen LogP contribution in [-0.4, -0.2) is 17.5 Å². The Morgan fingerprint density at radius 3 is 2.54 bits per heavy atom. The van der Waals surface area contributed by atoms with Gasteiger partial charge in [0.15, 0.2) is 0 Å². The Bertz CT molecular complexity index is 187. The van der Waals surface area contributed by atoms with Crippen molar-refractivity contribution in [3.05, 3.63) is 0 Å². The molecule has 0 aromatic carbocycles. The van der Waals surface area contributed by atoms with Gasteiger partial charge in [-0.2, -0.15) is 0 Å². The molecule has 0 heterocycles. The zero-order valence-corrected chi connectivity index (χ0v) is 10.1. The van der Waals surface area contributed by atoms with Gasteiger partial charge in [0.1, 0.15) is 0 Å². The third-order valence-electron chi connectivity index (χ3n) is 3.60. The molecule has 1 nitrogen and oxygen atoms in total. The fourth-order valence-electron chi connectivity index (χ4n) is 1.90. The van der Waals surface area contributed by atoms with E-state index in [9.17, 15) is 0 Å².